The Bertz CT molecular complexity index is 291. The normalized spacial score (nSPS) is 19.5. The van der Waals surface area contributed by atoms with Crippen molar-refractivity contribution < 1.29 is 19.4 Å². The molecular formula is C11H14O4. The Morgan fingerprint density at radius 1 is 1.67 bits per heavy atom. The number of aliphatic hydroxyl groups is 1. The highest BCUT2D eigenvalue weighted by atomic mass is 16.6. The van der Waals surface area contributed by atoms with E-state index in [1.165, 1.54) is 0 Å². The molecule has 0 aliphatic heterocycles. The number of carbonyl (C=O) groups is 1. The van der Waals surface area contributed by atoms with E-state index in [0.29, 0.717) is 13.0 Å². The van der Waals surface area contributed by atoms with Gasteiger partial charge < -0.3 is 14.6 Å². The minimum atomic E-state index is -0.449. The molecule has 4 heteroatoms. The van der Waals surface area contributed by atoms with Crippen molar-refractivity contribution in [3.05, 3.63) is 36.6 Å². The van der Waals surface area contributed by atoms with Gasteiger partial charge in [0.2, 0.25) is 0 Å². The van der Waals surface area contributed by atoms with Crippen molar-refractivity contribution in [2.45, 2.75) is 12.5 Å². The zero-order valence-corrected chi connectivity index (χ0v) is 8.39. The molecule has 0 fully saturated rings. The number of allylic oxidation sites excluding steroid dienone is 1. The van der Waals surface area contributed by atoms with Gasteiger partial charge in [0, 0.05) is 6.08 Å². The van der Waals surface area contributed by atoms with Crippen molar-refractivity contribution in [1.29, 1.82) is 0 Å². The SMILES string of the molecule is C=CC(=O)OCCOC1C=CC(O)=CC1. The molecular weight excluding hydrogens is 196 g/mol. The summed E-state index contributed by atoms with van der Waals surface area (Å²) in [5.74, 6) is -0.191. The molecule has 4 nitrogen and oxygen atoms in total. The first-order valence-corrected chi connectivity index (χ1v) is 4.70. The van der Waals surface area contributed by atoms with Gasteiger partial charge >= 0.3 is 5.97 Å². The van der Waals surface area contributed by atoms with Gasteiger partial charge in [-0.2, -0.15) is 0 Å². The van der Waals surface area contributed by atoms with Crippen LogP contribution in [0.25, 0.3) is 0 Å². The lowest BCUT2D eigenvalue weighted by Gasteiger charge is -2.14. The van der Waals surface area contributed by atoms with Gasteiger partial charge in [-0.05, 0) is 18.6 Å². The lowest BCUT2D eigenvalue weighted by atomic mass is 10.1. The molecule has 0 amide bonds. The third-order valence-electron chi connectivity index (χ3n) is 1.87. The predicted molar refractivity (Wildman–Crippen MR) is 55.4 cm³/mol. The van der Waals surface area contributed by atoms with Crippen LogP contribution in [0, 0.1) is 0 Å². The molecule has 0 aromatic rings. The molecule has 0 saturated heterocycles. The monoisotopic (exact) mass is 210 g/mol. The number of hydrogen-bond acceptors (Lipinski definition) is 4. The second-order valence-electron chi connectivity index (χ2n) is 3.00. The Balaban J connectivity index is 2.09. The molecule has 0 saturated carbocycles. The Morgan fingerprint density at radius 3 is 3.07 bits per heavy atom. The van der Waals surface area contributed by atoms with E-state index in [-0.39, 0.29) is 18.5 Å². The number of aliphatic hydroxyl groups excluding tert-OH is 1. The maximum absolute atomic E-state index is 10.7. The number of ether oxygens (including phenoxy) is 2. The molecule has 0 radical (unpaired) electrons. The number of carbonyl (C=O) groups excluding carboxylic acids is 1. The molecule has 0 bridgehead atoms. The van der Waals surface area contributed by atoms with Crippen molar-refractivity contribution >= 4 is 5.97 Å². The van der Waals surface area contributed by atoms with Crippen LogP contribution in [0.3, 0.4) is 0 Å². The second kappa shape index (κ2) is 6.03. The van der Waals surface area contributed by atoms with Crippen LogP contribution in [0.5, 0.6) is 0 Å². The maximum Gasteiger partial charge on any atom is 0.330 e. The lowest BCUT2D eigenvalue weighted by molar-refractivity contribution is -0.139. The topological polar surface area (TPSA) is 55.8 Å². The molecule has 1 atom stereocenters. The average Bonchev–Trinajstić information content (AvgIpc) is 2.26. The van der Waals surface area contributed by atoms with Crippen LogP contribution in [0.2, 0.25) is 0 Å². The number of esters is 1. The highest BCUT2D eigenvalue weighted by molar-refractivity contribution is 5.81. The van der Waals surface area contributed by atoms with Crippen LogP contribution in [0.15, 0.2) is 36.6 Å². The lowest BCUT2D eigenvalue weighted by Crippen LogP contribution is -2.16. The predicted octanol–water partition coefficient (Wildman–Crippen LogP) is 1.50. The number of hydrogen-bond donors (Lipinski definition) is 1. The first-order chi connectivity index (χ1) is 7.22. The molecule has 1 rings (SSSR count). The quantitative estimate of drug-likeness (QED) is 0.424. The van der Waals surface area contributed by atoms with E-state index in [4.69, 9.17) is 14.6 Å². The summed E-state index contributed by atoms with van der Waals surface area (Å²) in [4.78, 5) is 10.7. The van der Waals surface area contributed by atoms with Crippen LogP contribution >= 0.6 is 0 Å². The molecule has 82 valence electrons. The van der Waals surface area contributed by atoms with Crippen LogP contribution in [-0.4, -0.2) is 30.4 Å². The van der Waals surface area contributed by atoms with Crippen molar-refractivity contribution in [1.82, 2.24) is 0 Å². The Morgan fingerprint density at radius 2 is 2.47 bits per heavy atom. The summed E-state index contributed by atoms with van der Waals surface area (Å²) in [6.45, 7) is 3.83. The zero-order chi connectivity index (χ0) is 11.1. The van der Waals surface area contributed by atoms with E-state index in [2.05, 4.69) is 6.58 Å². The average molecular weight is 210 g/mol. The molecule has 0 heterocycles. The summed E-state index contributed by atoms with van der Waals surface area (Å²) in [5, 5.41) is 9.04. The zero-order valence-electron chi connectivity index (χ0n) is 8.39. The summed E-state index contributed by atoms with van der Waals surface area (Å²) in [7, 11) is 0. The number of rotatable bonds is 5. The van der Waals surface area contributed by atoms with Crippen LogP contribution < -0.4 is 0 Å². The Kier molecular flexibility index (Phi) is 4.63. The van der Waals surface area contributed by atoms with Gasteiger partial charge in [0.25, 0.3) is 0 Å². The third-order valence-corrected chi connectivity index (χ3v) is 1.87. The summed E-state index contributed by atoms with van der Waals surface area (Å²) in [6, 6.07) is 0. The molecule has 0 spiro atoms. The molecule has 0 aromatic carbocycles. The van der Waals surface area contributed by atoms with E-state index in [9.17, 15) is 4.79 Å². The van der Waals surface area contributed by atoms with Crippen molar-refractivity contribution in [2.75, 3.05) is 13.2 Å². The standard InChI is InChI=1S/C11H14O4/c1-2-11(13)15-8-7-14-10-5-3-9(12)4-6-10/h2-5,10,12H,1,6-8H2. The smallest absolute Gasteiger partial charge is 0.330 e. The molecule has 15 heavy (non-hydrogen) atoms. The van der Waals surface area contributed by atoms with Gasteiger partial charge in [0.1, 0.15) is 12.4 Å². The molecule has 0 aromatic heterocycles. The Hall–Kier alpha value is -1.55. The maximum atomic E-state index is 10.7. The van der Waals surface area contributed by atoms with Crippen LogP contribution in [0.1, 0.15) is 6.42 Å². The van der Waals surface area contributed by atoms with Crippen LogP contribution in [-0.2, 0) is 14.3 Å². The molecule has 1 N–H and O–H groups in total. The Labute approximate surface area is 88.5 Å². The molecule has 1 aliphatic carbocycles. The highest BCUT2D eigenvalue weighted by Gasteiger charge is 2.08. The van der Waals surface area contributed by atoms with E-state index in [1.54, 1.807) is 18.2 Å². The van der Waals surface area contributed by atoms with E-state index < -0.39 is 5.97 Å². The summed E-state index contributed by atoms with van der Waals surface area (Å²) in [6.07, 6.45) is 6.73. The highest BCUT2D eigenvalue weighted by Crippen LogP contribution is 2.10. The van der Waals surface area contributed by atoms with Gasteiger partial charge in [-0.15, -0.1) is 0 Å². The van der Waals surface area contributed by atoms with Gasteiger partial charge in [-0.3, -0.25) is 0 Å². The minimum absolute atomic E-state index is 0.0525. The molecule has 1 unspecified atom stereocenters. The molecule has 1 aliphatic rings. The van der Waals surface area contributed by atoms with Crippen molar-refractivity contribution in [3.63, 3.8) is 0 Å². The summed E-state index contributed by atoms with van der Waals surface area (Å²) in [5.41, 5.74) is 0. The van der Waals surface area contributed by atoms with E-state index in [1.807, 2.05) is 0 Å². The second-order valence-corrected chi connectivity index (χ2v) is 3.00. The minimum Gasteiger partial charge on any atom is -0.508 e. The van der Waals surface area contributed by atoms with Crippen molar-refractivity contribution in [2.24, 2.45) is 0 Å². The first kappa shape index (κ1) is 11.5. The summed E-state index contributed by atoms with van der Waals surface area (Å²) < 4.78 is 10.1. The van der Waals surface area contributed by atoms with E-state index in [0.717, 1.165) is 6.08 Å². The summed E-state index contributed by atoms with van der Waals surface area (Å²) >= 11 is 0. The first-order valence-electron chi connectivity index (χ1n) is 4.70. The van der Waals surface area contributed by atoms with Crippen molar-refractivity contribution in [3.8, 4) is 0 Å². The van der Waals surface area contributed by atoms with Crippen LogP contribution in [0.4, 0.5) is 0 Å². The largest absolute Gasteiger partial charge is 0.508 e. The fourth-order valence-corrected chi connectivity index (χ4v) is 1.11. The fraction of sp³-hybridized carbons (Fsp3) is 0.364. The van der Waals surface area contributed by atoms with Gasteiger partial charge in [-0.1, -0.05) is 12.7 Å². The van der Waals surface area contributed by atoms with Gasteiger partial charge in [0.15, 0.2) is 0 Å². The fourth-order valence-electron chi connectivity index (χ4n) is 1.11. The third kappa shape index (κ3) is 4.46. The van der Waals surface area contributed by atoms with Gasteiger partial charge in [0.05, 0.1) is 12.7 Å². The van der Waals surface area contributed by atoms with E-state index >= 15 is 0 Å². The van der Waals surface area contributed by atoms with Gasteiger partial charge in [-0.25, -0.2) is 4.79 Å².